The van der Waals surface area contributed by atoms with Crippen LogP contribution in [0.2, 0.25) is 0 Å². The molecule has 1 aromatic rings. The second-order valence-corrected chi connectivity index (χ2v) is 3.73. The number of carbonyl (C=O) groups is 1. The highest BCUT2D eigenvalue weighted by atomic mass is 19.4. The van der Waals surface area contributed by atoms with Crippen molar-refractivity contribution in [3.63, 3.8) is 0 Å². The predicted molar refractivity (Wildman–Crippen MR) is 55.7 cm³/mol. The Morgan fingerprint density at radius 2 is 1.89 bits per heavy atom. The van der Waals surface area contributed by atoms with Gasteiger partial charge in [0.2, 0.25) is 0 Å². The van der Waals surface area contributed by atoms with Gasteiger partial charge in [0, 0.05) is 6.54 Å². The molecular weight excluding hydrogens is 249 g/mol. The lowest BCUT2D eigenvalue weighted by molar-refractivity contribution is -0.137. The first kappa shape index (κ1) is 12.7. The van der Waals surface area contributed by atoms with E-state index in [1.54, 1.807) is 0 Å². The molecule has 0 unspecified atom stereocenters. The molecule has 18 heavy (non-hydrogen) atoms. The smallest absolute Gasteiger partial charge is 0.253 e. The summed E-state index contributed by atoms with van der Waals surface area (Å²) in [6, 6.07) is 4.41. The quantitative estimate of drug-likeness (QED) is 0.857. The second-order valence-electron chi connectivity index (χ2n) is 3.73. The summed E-state index contributed by atoms with van der Waals surface area (Å²) in [6.45, 7) is 0.403. The van der Waals surface area contributed by atoms with Crippen LogP contribution in [0.3, 0.4) is 0 Å². The van der Waals surface area contributed by atoms with Gasteiger partial charge in [-0.3, -0.25) is 5.43 Å². The molecule has 1 aromatic carbocycles. The summed E-state index contributed by atoms with van der Waals surface area (Å²) in [5.41, 5.74) is 8.25. The lowest BCUT2D eigenvalue weighted by atomic mass is 10.1. The zero-order valence-electron chi connectivity index (χ0n) is 9.16. The van der Waals surface area contributed by atoms with Crippen molar-refractivity contribution in [2.45, 2.75) is 12.6 Å². The topological polar surface area (TPSA) is 58.5 Å². The molecule has 8 heteroatoms. The number of rotatable bonds is 3. The second kappa shape index (κ2) is 4.83. The molecule has 2 amide bonds. The van der Waals surface area contributed by atoms with E-state index >= 15 is 0 Å². The van der Waals surface area contributed by atoms with Gasteiger partial charge < -0.3 is 0 Å². The third kappa shape index (κ3) is 3.11. The van der Waals surface area contributed by atoms with Crippen LogP contribution in [0.25, 0.3) is 0 Å². The molecule has 1 aliphatic rings. The summed E-state index contributed by atoms with van der Waals surface area (Å²) in [4.78, 5) is 10.7. The van der Waals surface area contributed by atoms with Crippen LogP contribution in [0.1, 0.15) is 11.1 Å². The maximum atomic E-state index is 12.3. The number of carbonyl (C=O) groups excluding carboxylic acids is 1. The average Bonchev–Trinajstić information content (AvgIpc) is 2.72. The van der Waals surface area contributed by atoms with Crippen molar-refractivity contribution in [1.82, 2.24) is 21.5 Å². The number of urea groups is 1. The van der Waals surface area contributed by atoms with Gasteiger partial charge in [0.25, 0.3) is 0 Å². The van der Waals surface area contributed by atoms with Crippen molar-refractivity contribution in [1.29, 1.82) is 0 Å². The molecule has 1 aliphatic heterocycles. The molecule has 0 saturated carbocycles. The number of amides is 2. The Morgan fingerprint density at radius 3 is 2.39 bits per heavy atom. The Hall–Kier alpha value is -1.80. The molecule has 0 atom stereocenters. The minimum Gasteiger partial charge on any atom is -0.253 e. The van der Waals surface area contributed by atoms with E-state index < -0.39 is 17.8 Å². The van der Waals surface area contributed by atoms with Gasteiger partial charge in [-0.25, -0.2) is 4.79 Å². The molecule has 1 saturated heterocycles. The number of hydrogen-bond acceptors (Lipinski definition) is 3. The Morgan fingerprint density at radius 1 is 1.22 bits per heavy atom. The van der Waals surface area contributed by atoms with Gasteiger partial charge in [-0.2, -0.15) is 13.2 Å². The van der Waals surface area contributed by atoms with E-state index in [1.165, 1.54) is 17.3 Å². The van der Waals surface area contributed by atoms with Crippen LogP contribution >= 0.6 is 0 Å². The number of hydrogen-bond donors (Lipinski definition) is 2. The van der Waals surface area contributed by atoms with Gasteiger partial charge in [-0.05, 0) is 24.1 Å². The van der Waals surface area contributed by atoms with E-state index in [0.717, 1.165) is 17.7 Å². The first-order chi connectivity index (χ1) is 8.45. The maximum absolute atomic E-state index is 12.3. The van der Waals surface area contributed by atoms with Crippen molar-refractivity contribution in [3.8, 4) is 0 Å². The van der Waals surface area contributed by atoms with E-state index in [2.05, 4.69) is 16.4 Å². The van der Waals surface area contributed by atoms with Crippen LogP contribution in [0.4, 0.5) is 18.0 Å². The van der Waals surface area contributed by atoms with Crippen molar-refractivity contribution >= 4 is 6.03 Å². The zero-order chi connectivity index (χ0) is 13.2. The third-order valence-electron chi connectivity index (χ3n) is 2.41. The zero-order valence-corrected chi connectivity index (χ0v) is 9.16. The molecule has 97 valence electrons. The Labute approximate surface area is 101 Å². The van der Waals surface area contributed by atoms with Gasteiger partial charge >= 0.3 is 12.2 Å². The molecule has 0 aromatic heterocycles. The molecule has 1 fully saturated rings. The van der Waals surface area contributed by atoms with E-state index in [1.807, 2.05) is 0 Å². The Balaban J connectivity index is 1.89. The average molecular weight is 259 g/mol. The summed E-state index contributed by atoms with van der Waals surface area (Å²) in [6.07, 6.45) is -3.83. The maximum Gasteiger partial charge on any atom is 0.416 e. The van der Waals surface area contributed by atoms with Crippen LogP contribution in [0.15, 0.2) is 24.3 Å². The van der Waals surface area contributed by atoms with Gasteiger partial charge in [0.1, 0.15) is 0 Å². The van der Waals surface area contributed by atoms with Crippen LogP contribution in [-0.2, 0) is 12.6 Å². The number of alkyl halides is 3. The molecule has 2 N–H and O–H groups in total. The first-order valence-electron chi connectivity index (χ1n) is 5.16. The minimum atomic E-state index is -4.32. The van der Waals surface area contributed by atoms with Crippen LogP contribution in [0, 0.1) is 0 Å². The molecule has 1 heterocycles. The van der Waals surface area contributed by atoms with Crippen molar-refractivity contribution in [3.05, 3.63) is 35.4 Å². The van der Waals surface area contributed by atoms with Gasteiger partial charge in [0.05, 0.1) is 5.56 Å². The highest BCUT2D eigenvalue weighted by Crippen LogP contribution is 2.29. The summed E-state index contributed by atoms with van der Waals surface area (Å²) >= 11 is 0. The van der Waals surface area contributed by atoms with Crippen molar-refractivity contribution in [2.24, 2.45) is 0 Å². The van der Waals surface area contributed by atoms with Gasteiger partial charge in [-0.1, -0.05) is 12.1 Å². The molecule has 2 rings (SSSR count). The number of nitrogens with one attached hydrogen (secondary N) is 2. The van der Waals surface area contributed by atoms with E-state index in [4.69, 9.17) is 0 Å². The highest BCUT2D eigenvalue weighted by Gasteiger charge is 2.29. The molecule has 0 aliphatic carbocycles. The fourth-order valence-corrected chi connectivity index (χ4v) is 1.48. The monoisotopic (exact) mass is 259 g/mol. The SMILES string of the molecule is O=C1[N]NN(CCc2ccc(C(F)(F)F)cc2)N1. The van der Waals surface area contributed by atoms with Crippen LogP contribution < -0.4 is 16.4 Å². The van der Waals surface area contributed by atoms with Crippen molar-refractivity contribution < 1.29 is 18.0 Å². The Bertz CT molecular complexity index is 432. The van der Waals surface area contributed by atoms with E-state index in [-0.39, 0.29) is 0 Å². The number of halogens is 3. The predicted octanol–water partition coefficient (Wildman–Crippen LogP) is 1.21. The molecular formula is C10H10F3N4O. The summed E-state index contributed by atoms with van der Waals surface area (Å²) in [5, 5.41) is 1.36. The Kier molecular flexibility index (Phi) is 3.39. The molecule has 1 radical (unpaired) electrons. The fourth-order valence-electron chi connectivity index (χ4n) is 1.48. The number of nitrogens with zero attached hydrogens (tertiary/aromatic N) is 2. The normalized spacial score (nSPS) is 16.5. The fraction of sp³-hybridized carbons (Fsp3) is 0.300. The first-order valence-corrected chi connectivity index (χ1v) is 5.16. The molecule has 0 bridgehead atoms. The largest absolute Gasteiger partial charge is 0.416 e. The summed E-state index contributed by atoms with van der Waals surface area (Å²) in [5.74, 6) is 0. The molecule has 5 nitrogen and oxygen atoms in total. The lowest BCUT2D eigenvalue weighted by Gasteiger charge is -2.12. The van der Waals surface area contributed by atoms with Crippen LogP contribution in [0.5, 0.6) is 0 Å². The lowest BCUT2D eigenvalue weighted by Crippen LogP contribution is -2.40. The summed E-state index contributed by atoms with van der Waals surface area (Å²) in [7, 11) is 0. The van der Waals surface area contributed by atoms with Crippen molar-refractivity contribution in [2.75, 3.05) is 6.54 Å². The standard InChI is InChI=1S/C10H10F3N4O/c11-10(12,13)8-3-1-7(2-4-8)5-6-17-15-9(18)14-16-17/h1-4,16H,5-6H2,(H,15,18). The summed E-state index contributed by atoms with van der Waals surface area (Å²) < 4.78 is 36.9. The minimum absolute atomic E-state index is 0.403. The van der Waals surface area contributed by atoms with E-state index in [0.29, 0.717) is 13.0 Å². The molecule has 0 spiro atoms. The van der Waals surface area contributed by atoms with Gasteiger partial charge in [-0.15, -0.1) is 16.1 Å². The number of hydrazine groups is 2. The highest BCUT2D eigenvalue weighted by molar-refractivity contribution is 5.73. The van der Waals surface area contributed by atoms with Gasteiger partial charge in [0.15, 0.2) is 0 Å². The van der Waals surface area contributed by atoms with E-state index in [9.17, 15) is 18.0 Å². The van der Waals surface area contributed by atoms with Crippen LogP contribution in [-0.4, -0.2) is 17.7 Å². The number of benzene rings is 1. The third-order valence-corrected chi connectivity index (χ3v) is 2.41.